The number of halogens is 1. The van der Waals surface area contributed by atoms with Crippen LogP contribution >= 0.6 is 15.9 Å². The maximum absolute atomic E-state index is 4.68. The molecule has 0 spiro atoms. The van der Waals surface area contributed by atoms with Gasteiger partial charge in [-0.25, -0.2) is 0 Å². The highest BCUT2D eigenvalue weighted by Gasteiger charge is 2.15. The zero-order valence-corrected chi connectivity index (χ0v) is 15.6. The maximum Gasteiger partial charge on any atom is 0.0980 e. The van der Waals surface area contributed by atoms with E-state index in [0.717, 1.165) is 44.7 Å². The van der Waals surface area contributed by atoms with Crippen LogP contribution in [0, 0.1) is 0 Å². The molecule has 0 N–H and O–H groups in total. The van der Waals surface area contributed by atoms with E-state index in [0.29, 0.717) is 0 Å². The smallest absolute Gasteiger partial charge is 0.0980 e. The number of hydrogen-bond acceptors (Lipinski definition) is 3. The molecule has 0 saturated heterocycles. The second-order valence-electron chi connectivity index (χ2n) is 5.85. The van der Waals surface area contributed by atoms with Gasteiger partial charge in [0, 0.05) is 35.0 Å². The van der Waals surface area contributed by atoms with E-state index in [2.05, 4.69) is 61.2 Å². The van der Waals surface area contributed by atoms with Crippen molar-refractivity contribution in [3.8, 4) is 33.8 Å². The summed E-state index contributed by atoms with van der Waals surface area (Å²) in [6, 6.07) is 22.4. The van der Waals surface area contributed by atoms with Crippen LogP contribution in [0.1, 0.15) is 5.56 Å². The van der Waals surface area contributed by atoms with E-state index in [1.807, 2.05) is 48.8 Å². The van der Waals surface area contributed by atoms with Crippen molar-refractivity contribution in [1.29, 1.82) is 0 Å². The largest absolute Gasteiger partial charge is 0.256 e. The Morgan fingerprint density at radius 2 is 1.38 bits per heavy atom. The summed E-state index contributed by atoms with van der Waals surface area (Å²) in [4.78, 5) is 13.8. The zero-order valence-electron chi connectivity index (χ0n) is 14.0. The molecule has 26 heavy (non-hydrogen) atoms. The average Bonchev–Trinajstić information content (AvgIpc) is 2.74. The third kappa shape index (κ3) is 3.28. The molecule has 0 atom stereocenters. The molecule has 1 aromatic carbocycles. The highest BCUT2D eigenvalue weighted by Crippen LogP contribution is 2.34. The summed E-state index contributed by atoms with van der Waals surface area (Å²) in [5.41, 5.74) is 6.95. The molecule has 3 nitrogen and oxygen atoms in total. The lowest BCUT2D eigenvalue weighted by molar-refractivity contribution is 1.21. The Morgan fingerprint density at radius 1 is 0.654 bits per heavy atom. The van der Waals surface area contributed by atoms with Crippen LogP contribution in [0.5, 0.6) is 0 Å². The Bertz CT molecular complexity index is 1030. The normalized spacial score (nSPS) is 10.7. The van der Waals surface area contributed by atoms with Crippen molar-refractivity contribution in [2.45, 2.75) is 5.33 Å². The molecule has 3 heterocycles. The van der Waals surface area contributed by atoms with Gasteiger partial charge in [-0.1, -0.05) is 52.3 Å². The van der Waals surface area contributed by atoms with E-state index in [-0.39, 0.29) is 0 Å². The molecule has 0 saturated carbocycles. The van der Waals surface area contributed by atoms with Gasteiger partial charge in [0.25, 0.3) is 0 Å². The van der Waals surface area contributed by atoms with Gasteiger partial charge in [-0.3, -0.25) is 15.0 Å². The Morgan fingerprint density at radius 3 is 2.15 bits per heavy atom. The van der Waals surface area contributed by atoms with Crippen LogP contribution in [0.2, 0.25) is 0 Å². The van der Waals surface area contributed by atoms with Crippen LogP contribution in [-0.2, 0) is 5.33 Å². The molecule has 4 rings (SSSR count). The summed E-state index contributed by atoms with van der Waals surface area (Å²) in [7, 11) is 0. The minimum absolute atomic E-state index is 0.781. The van der Waals surface area contributed by atoms with E-state index in [1.54, 1.807) is 6.20 Å². The Labute approximate surface area is 160 Å². The predicted molar refractivity (Wildman–Crippen MR) is 109 cm³/mol. The number of alkyl halides is 1. The quantitative estimate of drug-likeness (QED) is 0.407. The lowest BCUT2D eigenvalue weighted by Gasteiger charge is -2.12. The summed E-state index contributed by atoms with van der Waals surface area (Å²) in [6.45, 7) is 0. The third-order valence-corrected chi connectivity index (χ3v) is 4.82. The van der Waals surface area contributed by atoms with Gasteiger partial charge in [0.2, 0.25) is 0 Å². The van der Waals surface area contributed by atoms with E-state index >= 15 is 0 Å². The Balaban J connectivity index is 1.91. The Kier molecular flexibility index (Phi) is 4.84. The standard InChI is InChI=1S/C22H16BrN3/c23-15-16-10-13-24-20(14-16)22-19(9-5-12-26-22)21-18(8-4-11-25-21)17-6-2-1-3-7-17/h1-14H,15H2. The summed E-state index contributed by atoms with van der Waals surface area (Å²) in [5, 5.41) is 0.781. The van der Waals surface area contributed by atoms with Gasteiger partial charge in [-0.05, 0) is 41.5 Å². The van der Waals surface area contributed by atoms with Crippen LogP contribution in [-0.4, -0.2) is 15.0 Å². The number of hydrogen-bond donors (Lipinski definition) is 0. The molecular formula is C22H16BrN3. The molecule has 0 aliphatic heterocycles. The first kappa shape index (κ1) is 16.6. The molecule has 126 valence electrons. The first-order chi connectivity index (χ1) is 12.9. The van der Waals surface area contributed by atoms with Crippen LogP contribution in [0.15, 0.2) is 85.3 Å². The SMILES string of the molecule is BrCc1ccnc(-c2ncccc2-c2ncccc2-c2ccccc2)c1. The highest BCUT2D eigenvalue weighted by atomic mass is 79.9. The van der Waals surface area contributed by atoms with Crippen molar-refractivity contribution in [3.05, 3.63) is 90.9 Å². The second kappa shape index (κ2) is 7.58. The average molecular weight is 402 g/mol. The molecule has 0 bridgehead atoms. The lowest BCUT2D eigenvalue weighted by atomic mass is 9.97. The van der Waals surface area contributed by atoms with E-state index in [9.17, 15) is 0 Å². The first-order valence-corrected chi connectivity index (χ1v) is 9.46. The van der Waals surface area contributed by atoms with Gasteiger partial charge in [-0.15, -0.1) is 0 Å². The fraction of sp³-hybridized carbons (Fsp3) is 0.0455. The Hall–Kier alpha value is -2.85. The van der Waals surface area contributed by atoms with Crippen LogP contribution in [0.25, 0.3) is 33.8 Å². The van der Waals surface area contributed by atoms with E-state index in [1.165, 1.54) is 0 Å². The molecule has 0 unspecified atom stereocenters. The number of benzene rings is 1. The summed E-state index contributed by atoms with van der Waals surface area (Å²) >= 11 is 3.51. The molecule has 3 aromatic heterocycles. The molecule has 0 aliphatic rings. The number of rotatable bonds is 4. The first-order valence-electron chi connectivity index (χ1n) is 8.34. The highest BCUT2D eigenvalue weighted by molar-refractivity contribution is 9.08. The molecule has 0 amide bonds. The van der Waals surface area contributed by atoms with Gasteiger partial charge in [0.1, 0.15) is 0 Å². The molecular weight excluding hydrogens is 386 g/mol. The fourth-order valence-corrected chi connectivity index (χ4v) is 3.31. The summed E-state index contributed by atoms with van der Waals surface area (Å²) in [6.07, 6.45) is 5.44. The second-order valence-corrected chi connectivity index (χ2v) is 6.41. The van der Waals surface area contributed by atoms with Crippen LogP contribution in [0.3, 0.4) is 0 Å². The summed E-state index contributed by atoms with van der Waals surface area (Å²) in [5.74, 6) is 0. The van der Waals surface area contributed by atoms with Crippen molar-refractivity contribution in [3.63, 3.8) is 0 Å². The summed E-state index contributed by atoms with van der Waals surface area (Å²) < 4.78 is 0. The van der Waals surface area contributed by atoms with Gasteiger partial charge >= 0.3 is 0 Å². The van der Waals surface area contributed by atoms with E-state index in [4.69, 9.17) is 0 Å². The minimum atomic E-state index is 0.781. The topological polar surface area (TPSA) is 38.7 Å². The van der Waals surface area contributed by atoms with Crippen molar-refractivity contribution in [1.82, 2.24) is 15.0 Å². The number of nitrogens with zero attached hydrogens (tertiary/aromatic N) is 3. The van der Waals surface area contributed by atoms with Gasteiger partial charge in [0.15, 0.2) is 0 Å². The number of pyridine rings is 3. The van der Waals surface area contributed by atoms with Crippen molar-refractivity contribution < 1.29 is 0 Å². The fourth-order valence-electron chi connectivity index (χ4n) is 2.96. The molecule has 0 radical (unpaired) electrons. The van der Waals surface area contributed by atoms with Crippen molar-refractivity contribution >= 4 is 15.9 Å². The molecule has 0 aliphatic carbocycles. The zero-order chi connectivity index (χ0) is 17.8. The third-order valence-electron chi connectivity index (χ3n) is 4.18. The molecule has 0 fully saturated rings. The van der Waals surface area contributed by atoms with Crippen LogP contribution in [0.4, 0.5) is 0 Å². The van der Waals surface area contributed by atoms with Crippen molar-refractivity contribution in [2.75, 3.05) is 0 Å². The van der Waals surface area contributed by atoms with Gasteiger partial charge in [-0.2, -0.15) is 0 Å². The number of aromatic nitrogens is 3. The molecule has 4 aromatic rings. The van der Waals surface area contributed by atoms with Crippen molar-refractivity contribution in [2.24, 2.45) is 0 Å². The maximum atomic E-state index is 4.68. The molecule has 4 heteroatoms. The minimum Gasteiger partial charge on any atom is -0.256 e. The van der Waals surface area contributed by atoms with Crippen LogP contribution < -0.4 is 0 Å². The van der Waals surface area contributed by atoms with E-state index < -0.39 is 0 Å². The van der Waals surface area contributed by atoms with Gasteiger partial charge < -0.3 is 0 Å². The lowest BCUT2D eigenvalue weighted by Crippen LogP contribution is -1.96. The van der Waals surface area contributed by atoms with Gasteiger partial charge in [0.05, 0.1) is 17.1 Å². The predicted octanol–water partition coefficient (Wildman–Crippen LogP) is 5.77. The monoisotopic (exact) mass is 401 g/mol.